The number of piperidine rings is 1. The molecule has 20 heavy (non-hydrogen) atoms. The number of hydrogen-bond donors (Lipinski definition) is 0. The smallest absolute Gasteiger partial charge is 0.302 e. The lowest BCUT2D eigenvalue weighted by atomic mass is 9.96. The molecule has 0 N–H and O–H groups in total. The van der Waals surface area contributed by atoms with E-state index in [-0.39, 0.29) is 12.1 Å². The first-order valence-electron chi connectivity index (χ1n) is 7.25. The number of likely N-dealkylation sites (tertiary alicyclic amines) is 1. The van der Waals surface area contributed by atoms with Gasteiger partial charge in [0.15, 0.2) is 0 Å². The van der Waals surface area contributed by atoms with Crippen molar-refractivity contribution in [2.45, 2.75) is 44.9 Å². The molecule has 108 valence electrons. The van der Waals surface area contributed by atoms with Gasteiger partial charge in [-0.3, -0.25) is 9.69 Å². The average molecular weight is 273 g/mol. The van der Waals surface area contributed by atoms with E-state index in [1.54, 1.807) is 0 Å². The summed E-state index contributed by atoms with van der Waals surface area (Å²) in [5, 5.41) is 0. The summed E-state index contributed by atoms with van der Waals surface area (Å²) < 4.78 is 5.38. The Morgan fingerprint density at radius 3 is 2.80 bits per heavy atom. The van der Waals surface area contributed by atoms with E-state index in [0.717, 1.165) is 32.4 Å². The van der Waals surface area contributed by atoms with Crippen LogP contribution in [-0.4, -0.2) is 29.6 Å². The Hall–Kier alpha value is -1.61. The van der Waals surface area contributed by atoms with E-state index in [1.807, 2.05) is 12.1 Å². The van der Waals surface area contributed by atoms with E-state index in [4.69, 9.17) is 4.74 Å². The van der Waals surface area contributed by atoms with E-state index in [9.17, 15) is 4.79 Å². The molecule has 1 fully saturated rings. The van der Waals surface area contributed by atoms with Crippen LogP contribution in [0.1, 0.15) is 31.7 Å². The summed E-state index contributed by atoms with van der Waals surface area (Å²) >= 11 is 0. The third-order valence-corrected chi connectivity index (χ3v) is 3.78. The number of carbonyl (C=O) groups is 1. The van der Waals surface area contributed by atoms with E-state index in [2.05, 4.69) is 35.7 Å². The van der Waals surface area contributed by atoms with E-state index in [0.29, 0.717) is 6.04 Å². The minimum absolute atomic E-state index is 0.0253. The second kappa shape index (κ2) is 7.25. The van der Waals surface area contributed by atoms with Gasteiger partial charge >= 0.3 is 5.97 Å². The predicted molar refractivity (Wildman–Crippen MR) is 80.2 cm³/mol. The van der Waals surface area contributed by atoms with Gasteiger partial charge in [-0.1, -0.05) is 36.4 Å². The van der Waals surface area contributed by atoms with Crippen LogP contribution >= 0.6 is 0 Å². The van der Waals surface area contributed by atoms with Gasteiger partial charge in [0.2, 0.25) is 0 Å². The molecule has 0 amide bonds. The summed E-state index contributed by atoms with van der Waals surface area (Å²) in [7, 11) is 0. The summed E-state index contributed by atoms with van der Waals surface area (Å²) in [6.07, 6.45) is 4.99. The van der Waals surface area contributed by atoms with Gasteiger partial charge in [-0.05, 0) is 24.8 Å². The molecule has 3 nitrogen and oxygen atoms in total. The SMILES string of the molecule is C=CC[C@H]1CC[C@H](OC(C)=O)CN1Cc1ccccc1. The molecule has 0 unspecified atom stereocenters. The molecule has 0 aliphatic carbocycles. The van der Waals surface area contributed by atoms with Crippen LogP contribution in [0, 0.1) is 0 Å². The summed E-state index contributed by atoms with van der Waals surface area (Å²) in [5.74, 6) is -0.183. The minimum Gasteiger partial charge on any atom is -0.461 e. The van der Waals surface area contributed by atoms with Crippen LogP contribution in [0.4, 0.5) is 0 Å². The molecule has 0 bridgehead atoms. The Labute approximate surface area is 121 Å². The molecule has 1 saturated heterocycles. The number of rotatable bonds is 5. The molecule has 0 aromatic heterocycles. The topological polar surface area (TPSA) is 29.5 Å². The average Bonchev–Trinajstić information content (AvgIpc) is 2.42. The highest BCUT2D eigenvalue weighted by Gasteiger charge is 2.28. The maximum absolute atomic E-state index is 11.1. The van der Waals surface area contributed by atoms with Gasteiger partial charge < -0.3 is 4.74 Å². The molecule has 0 saturated carbocycles. The van der Waals surface area contributed by atoms with Crippen molar-refractivity contribution in [3.8, 4) is 0 Å². The van der Waals surface area contributed by atoms with Crippen LogP contribution < -0.4 is 0 Å². The van der Waals surface area contributed by atoms with Crippen molar-refractivity contribution in [2.75, 3.05) is 6.54 Å². The molecule has 1 aromatic carbocycles. The van der Waals surface area contributed by atoms with Gasteiger partial charge in [0, 0.05) is 26.1 Å². The molecule has 2 rings (SSSR count). The summed E-state index contributed by atoms with van der Waals surface area (Å²) in [4.78, 5) is 13.5. The maximum atomic E-state index is 11.1. The quantitative estimate of drug-likeness (QED) is 0.609. The first kappa shape index (κ1) is 14.8. The van der Waals surface area contributed by atoms with Crippen LogP contribution in [0.3, 0.4) is 0 Å². The van der Waals surface area contributed by atoms with Gasteiger partial charge in [-0.15, -0.1) is 6.58 Å². The minimum atomic E-state index is -0.183. The molecule has 1 aliphatic rings. The Bertz CT molecular complexity index is 444. The number of hydrogen-bond acceptors (Lipinski definition) is 3. The van der Waals surface area contributed by atoms with Gasteiger partial charge in [-0.2, -0.15) is 0 Å². The van der Waals surface area contributed by atoms with Gasteiger partial charge in [0.05, 0.1) is 0 Å². The number of carbonyl (C=O) groups excluding carboxylic acids is 1. The summed E-state index contributed by atoms with van der Waals surface area (Å²) in [6.45, 7) is 7.05. The highest BCUT2D eigenvalue weighted by Crippen LogP contribution is 2.24. The molecule has 0 radical (unpaired) electrons. The fraction of sp³-hybridized carbons (Fsp3) is 0.471. The molecule has 2 atom stereocenters. The van der Waals surface area contributed by atoms with E-state index >= 15 is 0 Å². The zero-order chi connectivity index (χ0) is 14.4. The van der Waals surface area contributed by atoms with Crippen LogP contribution in [0.2, 0.25) is 0 Å². The fourth-order valence-corrected chi connectivity index (χ4v) is 2.86. The highest BCUT2D eigenvalue weighted by atomic mass is 16.5. The monoisotopic (exact) mass is 273 g/mol. The zero-order valence-electron chi connectivity index (χ0n) is 12.1. The standard InChI is InChI=1S/C17H23NO2/c1-3-7-16-10-11-17(20-14(2)19)13-18(16)12-15-8-5-4-6-9-15/h3-6,8-9,16-17H,1,7,10-13H2,2H3/t16-,17-/m0/s1. The third kappa shape index (κ3) is 4.20. The molecule has 1 aliphatic heterocycles. The first-order chi connectivity index (χ1) is 9.69. The Balaban J connectivity index is 2.02. The first-order valence-corrected chi connectivity index (χ1v) is 7.25. The van der Waals surface area contributed by atoms with Crippen molar-refractivity contribution in [3.63, 3.8) is 0 Å². The van der Waals surface area contributed by atoms with Crippen molar-refractivity contribution < 1.29 is 9.53 Å². The molecular formula is C17H23NO2. The van der Waals surface area contributed by atoms with E-state index < -0.39 is 0 Å². The second-order valence-electron chi connectivity index (χ2n) is 5.40. The molecule has 1 heterocycles. The number of nitrogens with zero attached hydrogens (tertiary/aromatic N) is 1. The molecule has 1 aromatic rings. The maximum Gasteiger partial charge on any atom is 0.302 e. The fourth-order valence-electron chi connectivity index (χ4n) is 2.86. The van der Waals surface area contributed by atoms with Gasteiger partial charge in [-0.25, -0.2) is 0 Å². The van der Waals surface area contributed by atoms with Crippen LogP contribution in [0.25, 0.3) is 0 Å². The Morgan fingerprint density at radius 1 is 1.40 bits per heavy atom. The summed E-state index contributed by atoms with van der Waals surface area (Å²) in [5.41, 5.74) is 1.30. The third-order valence-electron chi connectivity index (χ3n) is 3.78. The lowest BCUT2D eigenvalue weighted by Crippen LogP contribution is -2.46. The van der Waals surface area contributed by atoms with Crippen LogP contribution in [-0.2, 0) is 16.1 Å². The lowest BCUT2D eigenvalue weighted by molar-refractivity contribution is -0.150. The molecule has 3 heteroatoms. The Kier molecular flexibility index (Phi) is 5.36. The number of benzene rings is 1. The largest absolute Gasteiger partial charge is 0.461 e. The predicted octanol–water partition coefficient (Wildman–Crippen LogP) is 3.16. The zero-order valence-corrected chi connectivity index (χ0v) is 12.1. The van der Waals surface area contributed by atoms with Gasteiger partial charge in [0.25, 0.3) is 0 Å². The molecule has 0 spiro atoms. The Morgan fingerprint density at radius 2 is 2.15 bits per heavy atom. The normalized spacial score (nSPS) is 23.2. The van der Waals surface area contributed by atoms with Crippen molar-refractivity contribution in [2.24, 2.45) is 0 Å². The second-order valence-corrected chi connectivity index (χ2v) is 5.40. The highest BCUT2D eigenvalue weighted by molar-refractivity contribution is 5.66. The van der Waals surface area contributed by atoms with Crippen LogP contribution in [0.5, 0.6) is 0 Å². The number of ether oxygens (including phenoxy) is 1. The van der Waals surface area contributed by atoms with Gasteiger partial charge in [0.1, 0.15) is 6.10 Å². The van der Waals surface area contributed by atoms with Crippen LogP contribution in [0.15, 0.2) is 43.0 Å². The summed E-state index contributed by atoms with van der Waals surface area (Å²) in [6, 6.07) is 10.9. The van der Waals surface area contributed by atoms with Crippen molar-refractivity contribution in [1.82, 2.24) is 4.90 Å². The molecular weight excluding hydrogens is 250 g/mol. The van der Waals surface area contributed by atoms with E-state index in [1.165, 1.54) is 12.5 Å². The van der Waals surface area contributed by atoms with Crippen molar-refractivity contribution in [3.05, 3.63) is 48.6 Å². The number of esters is 1. The van der Waals surface area contributed by atoms with Crippen molar-refractivity contribution in [1.29, 1.82) is 0 Å². The lowest BCUT2D eigenvalue weighted by Gasteiger charge is -2.39. The van der Waals surface area contributed by atoms with Crippen molar-refractivity contribution >= 4 is 5.97 Å².